The van der Waals surface area contributed by atoms with Crippen LogP contribution in [0.1, 0.15) is 48.0 Å². The van der Waals surface area contributed by atoms with E-state index in [9.17, 15) is 4.79 Å². The van der Waals surface area contributed by atoms with Crippen LogP contribution < -0.4 is 5.32 Å². The number of carboxylic acid groups (broad SMARTS) is 1. The zero-order chi connectivity index (χ0) is 14.7. The van der Waals surface area contributed by atoms with Gasteiger partial charge in [0.1, 0.15) is 0 Å². The van der Waals surface area contributed by atoms with Gasteiger partial charge in [-0.25, -0.2) is 4.79 Å². The third kappa shape index (κ3) is 3.83. The van der Waals surface area contributed by atoms with Gasteiger partial charge in [-0.05, 0) is 49.9 Å². The van der Waals surface area contributed by atoms with Crippen LogP contribution in [0.25, 0.3) is 0 Å². The first-order valence-electron chi connectivity index (χ1n) is 8.03. The molecule has 1 unspecified atom stereocenters. The number of rotatable bonds is 6. The molecule has 1 saturated heterocycles. The standard InChI is InChI=1S/C17H24N2O2/c20-17(21)14-6-4-13(5-7-14)11-18-12-16-3-1-2-10-19(16)15-8-9-15/h4-7,15-16,18H,1-3,8-12H2,(H,20,21). The van der Waals surface area contributed by atoms with Gasteiger partial charge in [0.2, 0.25) is 0 Å². The summed E-state index contributed by atoms with van der Waals surface area (Å²) in [5, 5.41) is 12.4. The smallest absolute Gasteiger partial charge is 0.335 e. The van der Waals surface area contributed by atoms with Crippen molar-refractivity contribution in [2.45, 2.75) is 50.7 Å². The number of carboxylic acids is 1. The molecule has 1 aromatic rings. The minimum Gasteiger partial charge on any atom is -0.478 e. The summed E-state index contributed by atoms with van der Waals surface area (Å²) in [4.78, 5) is 13.5. The fraction of sp³-hybridized carbons (Fsp3) is 0.588. The molecule has 0 bridgehead atoms. The Morgan fingerprint density at radius 1 is 1.19 bits per heavy atom. The fourth-order valence-electron chi connectivity index (χ4n) is 3.28. The second-order valence-corrected chi connectivity index (χ2v) is 6.25. The molecule has 1 heterocycles. The summed E-state index contributed by atoms with van der Waals surface area (Å²) >= 11 is 0. The summed E-state index contributed by atoms with van der Waals surface area (Å²) in [6, 6.07) is 8.69. The number of benzene rings is 1. The highest BCUT2D eigenvalue weighted by atomic mass is 16.4. The zero-order valence-corrected chi connectivity index (χ0v) is 12.4. The van der Waals surface area contributed by atoms with Crippen molar-refractivity contribution in [3.05, 3.63) is 35.4 Å². The summed E-state index contributed by atoms with van der Waals surface area (Å²) in [6.45, 7) is 3.12. The molecule has 0 amide bonds. The average Bonchev–Trinajstić information content (AvgIpc) is 3.33. The van der Waals surface area contributed by atoms with E-state index in [-0.39, 0.29) is 0 Å². The lowest BCUT2D eigenvalue weighted by molar-refractivity contribution is 0.0697. The quantitative estimate of drug-likeness (QED) is 0.844. The lowest BCUT2D eigenvalue weighted by Crippen LogP contribution is -2.46. The predicted octanol–water partition coefficient (Wildman–Crippen LogP) is 2.49. The highest BCUT2D eigenvalue weighted by molar-refractivity contribution is 5.87. The Balaban J connectivity index is 1.47. The average molecular weight is 288 g/mol. The van der Waals surface area contributed by atoms with E-state index in [2.05, 4.69) is 10.2 Å². The molecule has 4 nitrogen and oxygen atoms in total. The maximum Gasteiger partial charge on any atom is 0.335 e. The Kier molecular flexibility index (Phi) is 4.56. The van der Waals surface area contributed by atoms with Gasteiger partial charge >= 0.3 is 5.97 Å². The van der Waals surface area contributed by atoms with E-state index in [4.69, 9.17) is 5.11 Å². The van der Waals surface area contributed by atoms with Gasteiger partial charge in [0.15, 0.2) is 0 Å². The lowest BCUT2D eigenvalue weighted by atomic mass is 10.0. The topological polar surface area (TPSA) is 52.6 Å². The monoisotopic (exact) mass is 288 g/mol. The Labute approximate surface area is 126 Å². The Morgan fingerprint density at radius 3 is 2.62 bits per heavy atom. The Bertz CT molecular complexity index is 482. The van der Waals surface area contributed by atoms with Crippen molar-refractivity contribution in [2.75, 3.05) is 13.1 Å². The van der Waals surface area contributed by atoms with Crippen LogP contribution in [0.2, 0.25) is 0 Å². The highest BCUT2D eigenvalue weighted by Gasteiger charge is 2.34. The largest absolute Gasteiger partial charge is 0.478 e. The van der Waals surface area contributed by atoms with Crippen LogP contribution in [0, 0.1) is 0 Å². The number of piperidine rings is 1. The van der Waals surface area contributed by atoms with E-state index in [1.54, 1.807) is 12.1 Å². The summed E-state index contributed by atoms with van der Waals surface area (Å²) in [6.07, 6.45) is 6.77. The van der Waals surface area contributed by atoms with Gasteiger partial charge in [-0.15, -0.1) is 0 Å². The molecule has 4 heteroatoms. The van der Waals surface area contributed by atoms with Crippen molar-refractivity contribution >= 4 is 5.97 Å². The van der Waals surface area contributed by atoms with Crippen molar-refractivity contribution in [1.82, 2.24) is 10.2 Å². The molecule has 0 aromatic heterocycles. The van der Waals surface area contributed by atoms with Crippen molar-refractivity contribution in [1.29, 1.82) is 0 Å². The normalized spacial score (nSPS) is 23.1. The molecule has 2 fully saturated rings. The van der Waals surface area contributed by atoms with Crippen LogP contribution in [0.4, 0.5) is 0 Å². The first kappa shape index (κ1) is 14.5. The van der Waals surface area contributed by atoms with Crippen LogP contribution in [0.5, 0.6) is 0 Å². The summed E-state index contributed by atoms with van der Waals surface area (Å²) in [5.41, 5.74) is 1.50. The third-order valence-electron chi connectivity index (χ3n) is 4.60. The molecule has 3 rings (SSSR count). The minimum absolute atomic E-state index is 0.353. The molecule has 2 aliphatic rings. The summed E-state index contributed by atoms with van der Waals surface area (Å²) in [5.74, 6) is -0.864. The maximum atomic E-state index is 10.8. The van der Waals surface area contributed by atoms with E-state index >= 15 is 0 Å². The van der Waals surface area contributed by atoms with Gasteiger partial charge in [-0.3, -0.25) is 4.90 Å². The number of hydrogen-bond acceptors (Lipinski definition) is 3. The molecule has 0 radical (unpaired) electrons. The fourth-order valence-corrected chi connectivity index (χ4v) is 3.28. The number of likely N-dealkylation sites (tertiary alicyclic amines) is 1. The Morgan fingerprint density at radius 2 is 1.95 bits per heavy atom. The molecule has 114 valence electrons. The van der Waals surface area contributed by atoms with Gasteiger partial charge in [-0.1, -0.05) is 18.6 Å². The number of hydrogen-bond donors (Lipinski definition) is 2. The van der Waals surface area contributed by atoms with E-state index < -0.39 is 5.97 Å². The lowest BCUT2D eigenvalue weighted by Gasteiger charge is -2.36. The molecule has 1 aliphatic carbocycles. The maximum absolute atomic E-state index is 10.8. The van der Waals surface area contributed by atoms with E-state index in [0.717, 1.165) is 24.7 Å². The van der Waals surface area contributed by atoms with Gasteiger partial charge in [0.25, 0.3) is 0 Å². The molecule has 1 saturated carbocycles. The number of aromatic carboxylic acids is 1. The van der Waals surface area contributed by atoms with E-state index in [1.165, 1.54) is 38.6 Å². The van der Waals surface area contributed by atoms with E-state index in [1.807, 2.05) is 12.1 Å². The van der Waals surface area contributed by atoms with Gasteiger partial charge in [0.05, 0.1) is 5.56 Å². The van der Waals surface area contributed by atoms with Crippen molar-refractivity contribution in [3.8, 4) is 0 Å². The van der Waals surface area contributed by atoms with Crippen LogP contribution >= 0.6 is 0 Å². The SMILES string of the molecule is O=C(O)c1ccc(CNCC2CCCCN2C2CC2)cc1. The number of nitrogens with one attached hydrogen (secondary N) is 1. The van der Waals surface area contributed by atoms with Gasteiger partial charge < -0.3 is 10.4 Å². The van der Waals surface area contributed by atoms with Crippen LogP contribution in [-0.2, 0) is 6.54 Å². The Hall–Kier alpha value is -1.39. The van der Waals surface area contributed by atoms with E-state index in [0.29, 0.717) is 11.6 Å². The van der Waals surface area contributed by atoms with Crippen molar-refractivity contribution in [3.63, 3.8) is 0 Å². The van der Waals surface area contributed by atoms with Gasteiger partial charge in [0, 0.05) is 25.2 Å². The molecule has 1 aliphatic heterocycles. The molecular formula is C17H24N2O2. The molecule has 21 heavy (non-hydrogen) atoms. The minimum atomic E-state index is -0.864. The molecule has 1 atom stereocenters. The first-order chi connectivity index (χ1) is 10.2. The molecular weight excluding hydrogens is 264 g/mol. The van der Waals surface area contributed by atoms with Crippen molar-refractivity contribution < 1.29 is 9.90 Å². The highest BCUT2D eigenvalue weighted by Crippen LogP contribution is 2.32. The number of carbonyl (C=O) groups is 1. The van der Waals surface area contributed by atoms with Gasteiger partial charge in [-0.2, -0.15) is 0 Å². The zero-order valence-electron chi connectivity index (χ0n) is 12.4. The molecule has 1 aromatic carbocycles. The summed E-state index contributed by atoms with van der Waals surface area (Å²) in [7, 11) is 0. The van der Waals surface area contributed by atoms with Crippen LogP contribution in [0.3, 0.4) is 0 Å². The summed E-state index contributed by atoms with van der Waals surface area (Å²) < 4.78 is 0. The third-order valence-corrected chi connectivity index (χ3v) is 4.60. The second kappa shape index (κ2) is 6.58. The number of nitrogens with zero attached hydrogens (tertiary/aromatic N) is 1. The van der Waals surface area contributed by atoms with Crippen LogP contribution in [0.15, 0.2) is 24.3 Å². The van der Waals surface area contributed by atoms with Crippen molar-refractivity contribution in [2.24, 2.45) is 0 Å². The second-order valence-electron chi connectivity index (χ2n) is 6.25. The predicted molar refractivity (Wildman–Crippen MR) is 82.5 cm³/mol. The molecule has 0 spiro atoms. The molecule has 2 N–H and O–H groups in total. The van der Waals surface area contributed by atoms with Crippen LogP contribution in [-0.4, -0.2) is 41.1 Å². The first-order valence-corrected chi connectivity index (χ1v) is 8.03.